The molecule has 118 valence electrons. The average Bonchev–Trinajstić information content (AvgIpc) is 2.93. The maximum absolute atomic E-state index is 5.84. The maximum atomic E-state index is 5.84. The van der Waals surface area contributed by atoms with Crippen LogP contribution in [0, 0.1) is 11.8 Å². The fourth-order valence-electron chi connectivity index (χ4n) is 3.61. The number of rotatable bonds is 5. The first-order valence-electron chi connectivity index (χ1n) is 8.49. The standard InChI is InChI=1S/C19H32N2/c1-5-14-6-9-16(12-14)18(21-20)13-15-7-10-17(11-8-15)19(2,3)4/h7-8,10-11,14,16,18,21H,5-6,9,12-13,20H2,1-4H3. The zero-order valence-electron chi connectivity index (χ0n) is 14.2. The molecule has 1 aliphatic carbocycles. The SMILES string of the molecule is CCC1CCC(C(Cc2ccc(C(C)(C)C)cc2)NN)C1. The second-order valence-corrected chi connectivity index (χ2v) is 7.77. The second-order valence-electron chi connectivity index (χ2n) is 7.77. The zero-order valence-corrected chi connectivity index (χ0v) is 14.2. The molecular weight excluding hydrogens is 256 g/mol. The summed E-state index contributed by atoms with van der Waals surface area (Å²) < 4.78 is 0. The third-order valence-electron chi connectivity index (χ3n) is 5.22. The van der Waals surface area contributed by atoms with Crippen molar-refractivity contribution in [1.82, 2.24) is 5.43 Å². The molecule has 0 amide bonds. The van der Waals surface area contributed by atoms with Gasteiger partial charge in [-0.2, -0.15) is 0 Å². The lowest BCUT2D eigenvalue weighted by molar-refractivity contribution is 0.348. The lowest BCUT2D eigenvalue weighted by atomic mass is 9.85. The van der Waals surface area contributed by atoms with E-state index in [1.807, 2.05) is 0 Å². The Kier molecular flexibility index (Phi) is 5.45. The van der Waals surface area contributed by atoms with E-state index in [0.717, 1.165) is 18.3 Å². The van der Waals surface area contributed by atoms with Gasteiger partial charge in [-0.15, -0.1) is 0 Å². The smallest absolute Gasteiger partial charge is 0.0279 e. The summed E-state index contributed by atoms with van der Waals surface area (Å²) in [6, 6.07) is 9.51. The topological polar surface area (TPSA) is 38.0 Å². The number of hydrogen-bond donors (Lipinski definition) is 2. The van der Waals surface area contributed by atoms with Crippen molar-refractivity contribution in [2.45, 2.75) is 71.3 Å². The van der Waals surface area contributed by atoms with Crippen LogP contribution in [-0.4, -0.2) is 6.04 Å². The molecule has 3 unspecified atom stereocenters. The number of benzene rings is 1. The van der Waals surface area contributed by atoms with Crippen molar-refractivity contribution < 1.29 is 0 Å². The van der Waals surface area contributed by atoms with Gasteiger partial charge in [0.2, 0.25) is 0 Å². The van der Waals surface area contributed by atoms with E-state index in [2.05, 4.69) is 57.4 Å². The Bertz CT molecular complexity index is 430. The first-order chi connectivity index (χ1) is 9.94. The van der Waals surface area contributed by atoms with Crippen molar-refractivity contribution in [3.05, 3.63) is 35.4 Å². The fraction of sp³-hybridized carbons (Fsp3) is 0.684. The summed E-state index contributed by atoms with van der Waals surface area (Å²) in [5.74, 6) is 7.49. The monoisotopic (exact) mass is 288 g/mol. The van der Waals surface area contributed by atoms with Crippen LogP contribution >= 0.6 is 0 Å². The average molecular weight is 288 g/mol. The van der Waals surface area contributed by atoms with Crippen LogP contribution in [0.15, 0.2) is 24.3 Å². The molecule has 0 saturated heterocycles. The van der Waals surface area contributed by atoms with Crippen molar-refractivity contribution in [2.75, 3.05) is 0 Å². The zero-order chi connectivity index (χ0) is 15.5. The number of nitrogens with one attached hydrogen (secondary N) is 1. The minimum absolute atomic E-state index is 0.226. The van der Waals surface area contributed by atoms with Crippen molar-refractivity contribution in [3.8, 4) is 0 Å². The minimum atomic E-state index is 0.226. The summed E-state index contributed by atoms with van der Waals surface area (Å²) in [6.07, 6.45) is 6.40. The number of nitrogens with two attached hydrogens (primary N) is 1. The van der Waals surface area contributed by atoms with Crippen LogP contribution in [0.4, 0.5) is 0 Å². The Morgan fingerprint density at radius 3 is 2.33 bits per heavy atom. The van der Waals surface area contributed by atoms with Crippen LogP contribution in [0.3, 0.4) is 0 Å². The summed E-state index contributed by atoms with van der Waals surface area (Å²) >= 11 is 0. The molecule has 0 radical (unpaired) electrons. The van der Waals surface area contributed by atoms with Crippen LogP contribution in [-0.2, 0) is 11.8 Å². The Balaban J connectivity index is 1.99. The van der Waals surface area contributed by atoms with Gasteiger partial charge in [-0.25, -0.2) is 0 Å². The first kappa shape index (κ1) is 16.5. The lowest BCUT2D eigenvalue weighted by Crippen LogP contribution is -2.41. The summed E-state index contributed by atoms with van der Waals surface area (Å²) in [4.78, 5) is 0. The van der Waals surface area contributed by atoms with Crippen LogP contribution in [0.1, 0.15) is 64.5 Å². The van der Waals surface area contributed by atoms with E-state index >= 15 is 0 Å². The van der Waals surface area contributed by atoms with Gasteiger partial charge in [-0.3, -0.25) is 11.3 Å². The largest absolute Gasteiger partial charge is 0.271 e. The molecule has 0 aliphatic heterocycles. The highest BCUT2D eigenvalue weighted by atomic mass is 15.2. The highest BCUT2D eigenvalue weighted by Gasteiger charge is 2.29. The van der Waals surface area contributed by atoms with Gasteiger partial charge in [0.15, 0.2) is 0 Å². The van der Waals surface area contributed by atoms with Gasteiger partial charge < -0.3 is 0 Å². The van der Waals surface area contributed by atoms with E-state index in [9.17, 15) is 0 Å². The quantitative estimate of drug-likeness (QED) is 0.630. The predicted molar refractivity (Wildman–Crippen MR) is 91.1 cm³/mol. The van der Waals surface area contributed by atoms with Gasteiger partial charge >= 0.3 is 0 Å². The molecule has 1 saturated carbocycles. The highest BCUT2D eigenvalue weighted by molar-refractivity contribution is 5.28. The van der Waals surface area contributed by atoms with Gasteiger partial charge in [0, 0.05) is 6.04 Å². The molecule has 1 fully saturated rings. The van der Waals surface area contributed by atoms with Crippen molar-refractivity contribution in [1.29, 1.82) is 0 Å². The molecule has 21 heavy (non-hydrogen) atoms. The molecule has 2 rings (SSSR count). The molecule has 1 aliphatic rings. The van der Waals surface area contributed by atoms with Crippen LogP contribution < -0.4 is 11.3 Å². The van der Waals surface area contributed by atoms with Crippen LogP contribution in [0.5, 0.6) is 0 Å². The molecule has 1 aromatic carbocycles. The van der Waals surface area contributed by atoms with Gasteiger partial charge in [0.05, 0.1) is 0 Å². The number of hydrazine groups is 1. The molecule has 2 nitrogen and oxygen atoms in total. The molecule has 1 aromatic rings. The van der Waals surface area contributed by atoms with Crippen LogP contribution in [0.25, 0.3) is 0 Å². The van der Waals surface area contributed by atoms with Crippen molar-refractivity contribution >= 4 is 0 Å². The van der Waals surface area contributed by atoms with Gasteiger partial charge in [0.25, 0.3) is 0 Å². The predicted octanol–water partition coefficient (Wildman–Crippen LogP) is 4.18. The van der Waals surface area contributed by atoms with Gasteiger partial charge in [-0.1, -0.05) is 64.8 Å². The van der Waals surface area contributed by atoms with Crippen molar-refractivity contribution in [2.24, 2.45) is 17.7 Å². The van der Waals surface area contributed by atoms with E-state index < -0.39 is 0 Å². The molecule has 0 spiro atoms. The van der Waals surface area contributed by atoms with Gasteiger partial charge in [0.1, 0.15) is 0 Å². The van der Waals surface area contributed by atoms with E-state index in [1.165, 1.54) is 36.8 Å². The molecular formula is C19H32N2. The van der Waals surface area contributed by atoms with E-state index in [4.69, 9.17) is 5.84 Å². The van der Waals surface area contributed by atoms with E-state index in [-0.39, 0.29) is 5.41 Å². The molecule has 2 heteroatoms. The Labute approximate surface area is 130 Å². The Hall–Kier alpha value is -0.860. The molecule has 0 heterocycles. The Morgan fingerprint density at radius 2 is 1.86 bits per heavy atom. The van der Waals surface area contributed by atoms with E-state index in [0.29, 0.717) is 6.04 Å². The van der Waals surface area contributed by atoms with Crippen molar-refractivity contribution in [3.63, 3.8) is 0 Å². The maximum Gasteiger partial charge on any atom is 0.0279 e. The second kappa shape index (κ2) is 6.93. The van der Waals surface area contributed by atoms with Gasteiger partial charge in [-0.05, 0) is 47.6 Å². The summed E-state index contributed by atoms with van der Waals surface area (Å²) in [6.45, 7) is 9.09. The fourth-order valence-corrected chi connectivity index (χ4v) is 3.61. The third kappa shape index (κ3) is 4.31. The normalized spacial score (nSPS) is 24.2. The molecule has 3 atom stereocenters. The summed E-state index contributed by atoms with van der Waals surface area (Å²) in [7, 11) is 0. The number of hydrogen-bond acceptors (Lipinski definition) is 2. The summed E-state index contributed by atoms with van der Waals surface area (Å²) in [5, 5.41) is 0. The lowest BCUT2D eigenvalue weighted by Gasteiger charge is -2.24. The van der Waals surface area contributed by atoms with Crippen LogP contribution in [0.2, 0.25) is 0 Å². The first-order valence-corrected chi connectivity index (χ1v) is 8.49. The molecule has 0 bridgehead atoms. The van der Waals surface area contributed by atoms with E-state index in [1.54, 1.807) is 0 Å². The minimum Gasteiger partial charge on any atom is -0.271 e. The molecule has 0 aromatic heterocycles. The Morgan fingerprint density at radius 1 is 1.19 bits per heavy atom. The molecule has 3 N–H and O–H groups in total. The highest BCUT2D eigenvalue weighted by Crippen LogP contribution is 2.35. The third-order valence-corrected chi connectivity index (χ3v) is 5.22. The summed E-state index contributed by atoms with van der Waals surface area (Å²) in [5.41, 5.74) is 6.10.